The lowest BCUT2D eigenvalue weighted by Crippen LogP contribution is -2.15. The molecule has 4 aromatic carbocycles. The summed E-state index contributed by atoms with van der Waals surface area (Å²) >= 11 is 0. The van der Waals surface area contributed by atoms with Crippen LogP contribution in [-0.4, -0.2) is 6.10 Å². The van der Waals surface area contributed by atoms with E-state index in [1.54, 1.807) is 0 Å². The SMILES string of the molecule is C=C1C=CC=C/C(=C(/C(=C/C=C\C)CC(C)Oc2c(C)ccc3ccccc23)c2ccc(-c3ccccc3)cc2)C1. The number of rotatable bonds is 8. The molecular formula is C40H38O. The smallest absolute Gasteiger partial charge is 0.130 e. The number of hydrogen-bond acceptors (Lipinski definition) is 1. The predicted molar refractivity (Wildman–Crippen MR) is 177 cm³/mol. The Labute approximate surface area is 245 Å². The molecule has 0 N–H and O–H groups in total. The third-order valence-corrected chi connectivity index (χ3v) is 7.47. The van der Waals surface area contributed by atoms with Crippen LogP contribution in [0.5, 0.6) is 5.75 Å². The summed E-state index contributed by atoms with van der Waals surface area (Å²) in [6.45, 7) is 10.7. The van der Waals surface area contributed by atoms with Crippen LogP contribution in [0.1, 0.15) is 37.8 Å². The summed E-state index contributed by atoms with van der Waals surface area (Å²) < 4.78 is 6.73. The Hall–Kier alpha value is -4.62. The first-order valence-electron chi connectivity index (χ1n) is 14.4. The summed E-state index contributed by atoms with van der Waals surface area (Å²) in [6.07, 6.45) is 16.5. The Morgan fingerprint density at radius 3 is 2.34 bits per heavy atom. The molecule has 1 aliphatic rings. The number of ether oxygens (including phenoxy) is 1. The lowest BCUT2D eigenvalue weighted by molar-refractivity contribution is 0.224. The van der Waals surface area contributed by atoms with E-state index in [0.717, 1.165) is 35.1 Å². The highest BCUT2D eigenvalue weighted by Crippen LogP contribution is 2.37. The number of hydrogen-bond donors (Lipinski definition) is 0. The summed E-state index contributed by atoms with van der Waals surface area (Å²) in [5.74, 6) is 0.967. The fourth-order valence-electron chi connectivity index (χ4n) is 5.46. The van der Waals surface area contributed by atoms with Crippen molar-refractivity contribution in [1.82, 2.24) is 0 Å². The van der Waals surface area contributed by atoms with Gasteiger partial charge in [0.1, 0.15) is 5.75 Å². The van der Waals surface area contributed by atoms with Gasteiger partial charge in [-0.25, -0.2) is 0 Å². The molecule has 0 amide bonds. The van der Waals surface area contributed by atoms with Gasteiger partial charge in [-0.15, -0.1) is 0 Å². The second-order valence-corrected chi connectivity index (χ2v) is 10.7. The zero-order chi connectivity index (χ0) is 28.6. The molecular weight excluding hydrogens is 496 g/mol. The van der Waals surface area contributed by atoms with Crippen LogP contribution >= 0.6 is 0 Å². The first-order chi connectivity index (χ1) is 20.0. The quantitative estimate of drug-likeness (QED) is 0.204. The Bertz CT molecular complexity index is 1670. The zero-order valence-corrected chi connectivity index (χ0v) is 24.3. The van der Waals surface area contributed by atoms with Gasteiger partial charge in [0.15, 0.2) is 0 Å². The Morgan fingerprint density at radius 1 is 0.854 bits per heavy atom. The van der Waals surface area contributed by atoms with E-state index in [-0.39, 0.29) is 6.10 Å². The van der Waals surface area contributed by atoms with Crippen LogP contribution in [0.15, 0.2) is 157 Å². The van der Waals surface area contributed by atoms with Gasteiger partial charge in [-0.3, -0.25) is 0 Å². The number of allylic oxidation sites excluding steroid dienone is 10. The van der Waals surface area contributed by atoms with Crippen molar-refractivity contribution >= 4 is 16.3 Å². The molecule has 4 aromatic rings. The molecule has 1 heteroatoms. The zero-order valence-electron chi connectivity index (χ0n) is 24.3. The van der Waals surface area contributed by atoms with Crippen molar-refractivity contribution in [3.05, 3.63) is 168 Å². The Morgan fingerprint density at radius 2 is 1.56 bits per heavy atom. The number of aryl methyl sites for hydroxylation is 1. The van der Waals surface area contributed by atoms with E-state index in [2.05, 4.69) is 161 Å². The minimum Gasteiger partial charge on any atom is -0.489 e. The molecule has 0 radical (unpaired) electrons. The van der Waals surface area contributed by atoms with Crippen molar-refractivity contribution in [3.8, 4) is 16.9 Å². The molecule has 0 saturated heterocycles. The van der Waals surface area contributed by atoms with Crippen molar-refractivity contribution in [2.75, 3.05) is 0 Å². The summed E-state index contributed by atoms with van der Waals surface area (Å²) in [7, 11) is 0. The van der Waals surface area contributed by atoms with E-state index >= 15 is 0 Å². The van der Waals surface area contributed by atoms with E-state index in [0.29, 0.717) is 0 Å². The highest BCUT2D eigenvalue weighted by molar-refractivity contribution is 5.89. The van der Waals surface area contributed by atoms with Crippen LogP contribution in [-0.2, 0) is 0 Å². The van der Waals surface area contributed by atoms with Gasteiger partial charge in [-0.2, -0.15) is 0 Å². The molecule has 0 aromatic heterocycles. The second-order valence-electron chi connectivity index (χ2n) is 10.7. The van der Waals surface area contributed by atoms with Gasteiger partial charge in [-0.05, 0) is 71.6 Å². The van der Waals surface area contributed by atoms with Crippen LogP contribution in [0, 0.1) is 6.92 Å². The van der Waals surface area contributed by atoms with Gasteiger partial charge in [0.25, 0.3) is 0 Å². The van der Waals surface area contributed by atoms with E-state index < -0.39 is 0 Å². The molecule has 1 aliphatic carbocycles. The van der Waals surface area contributed by atoms with Crippen molar-refractivity contribution < 1.29 is 4.74 Å². The average molecular weight is 535 g/mol. The molecule has 0 saturated carbocycles. The largest absolute Gasteiger partial charge is 0.489 e. The van der Waals surface area contributed by atoms with Gasteiger partial charge in [0.2, 0.25) is 0 Å². The third-order valence-electron chi connectivity index (χ3n) is 7.47. The first-order valence-corrected chi connectivity index (χ1v) is 14.4. The maximum Gasteiger partial charge on any atom is 0.130 e. The second kappa shape index (κ2) is 13.2. The lowest BCUT2D eigenvalue weighted by Gasteiger charge is -2.23. The topological polar surface area (TPSA) is 9.23 Å². The summed E-state index contributed by atoms with van der Waals surface area (Å²) in [4.78, 5) is 0. The highest BCUT2D eigenvalue weighted by atomic mass is 16.5. The van der Waals surface area contributed by atoms with Gasteiger partial charge in [0, 0.05) is 11.8 Å². The summed E-state index contributed by atoms with van der Waals surface area (Å²) in [5.41, 5.74) is 9.63. The Kier molecular flexibility index (Phi) is 8.96. The predicted octanol–water partition coefficient (Wildman–Crippen LogP) is 11.0. The maximum absolute atomic E-state index is 6.73. The monoisotopic (exact) mass is 534 g/mol. The molecule has 0 bridgehead atoms. The third kappa shape index (κ3) is 6.76. The Balaban J connectivity index is 1.55. The lowest BCUT2D eigenvalue weighted by atomic mass is 9.86. The van der Waals surface area contributed by atoms with Crippen molar-refractivity contribution in [1.29, 1.82) is 0 Å². The van der Waals surface area contributed by atoms with Crippen LogP contribution < -0.4 is 4.74 Å². The molecule has 1 atom stereocenters. The van der Waals surface area contributed by atoms with Gasteiger partial charge in [0.05, 0.1) is 6.10 Å². The molecule has 0 fully saturated rings. The fraction of sp³-hybridized carbons (Fsp3) is 0.150. The number of benzene rings is 4. The maximum atomic E-state index is 6.73. The summed E-state index contributed by atoms with van der Waals surface area (Å²) in [6, 6.07) is 32.3. The van der Waals surface area contributed by atoms with Crippen molar-refractivity contribution in [2.45, 2.75) is 39.7 Å². The van der Waals surface area contributed by atoms with Crippen LogP contribution in [0.4, 0.5) is 0 Å². The average Bonchev–Trinajstić information content (AvgIpc) is 3.22. The minimum atomic E-state index is -0.0358. The molecule has 204 valence electrons. The van der Waals surface area contributed by atoms with Crippen molar-refractivity contribution in [3.63, 3.8) is 0 Å². The molecule has 1 unspecified atom stereocenters. The normalized spacial score (nSPS) is 15.8. The summed E-state index contributed by atoms with van der Waals surface area (Å²) in [5, 5.41) is 2.35. The van der Waals surface area contributed by atoms with Crippen LogP contribution in [0.3, 0.4) is 0 Å². The molecule has 5 rings (SSSR count). The molecule has 0 heterocycles. The standard InChI is InChI=1S/C40H38O/c1-5-6-15-37(28-31(4)41-40-30(3)21-22-34-18-12-13-20-38(34)40)39(36-19-11-10-14-29(2)27-36)35-25-23-33(24-26-35)32-16-8-7-9-17-32/h5-26,31H,2,27-28H2,1,3-4H3/b6-5-,37-15+,39-36-. The van der Waals surface area contributed by atoms with Gasteiger partial charge >= 0.3 is 0 Å². The van der Waals surface area contributed by atoms with E-state index in [1.807, 2.05) is 0 Å². The molecule has 41 heavy (non-hydrogen) atoms. The van der Waals surface area contributed by atoms with Crippen LogP contribution in [0.2, 0.25) is 0 Å². The minimum absolute atomic E-state index is 0.0358. The van der Waals surface area contributed by atoms with E-state index in [4.69, 9.17) is 4.74 Å². The fourth-order valence-corrected chi connectivity index (χ4v) is 5.46. The highest BCUT2D eigenvalue weighted by Gasteiger charge is 2.19. The van der Waals surface area contributed by atoms with Crippen LogP contribution in [0.25, 0.3) is 27.5 Å². The first kappa shape index (κ1) is 27.9. The molecule has 1 nitrogen and oxygen atoms in total. The number of fused-ring (bicyclic) bond motifs is 1. The van der Waals surface area contributed by atoms with Gasteiger partial charge < -0.3 is 4.74 Å². The molecule has 0 spiro atoms. The molecule has 0 aliphatic heterocycles. The van der Waals surface area contributed by atoms with E-state index in [9.17, 15) is 0 Å². The van der Waals surface area contributed by atoms with E-state index in [1.165, 1.54) is 38.8 Å². The van der Waals surface area contributed by atoms with Gasteiger partial charge in [-0.1, -0.05) is 146 Å². The van der Waals surface area contributed by atoms with Crippen molar-refractivity contribution in [2.24, 2.45) is 0 Å².